The molecule has 4 aromatic rings. The third kappa shape index (κ3) is 7.69. The van der Waals surface area contributed by atoms with Crippen LogP contribution < -0.4 is 5.32 Å². The molecule has 0 aliphatic carbocycles. The molecule has 1 atom stereocenters. The van der Waals surface area contributed by atoms with Gasteiger partial charge in [0.2, 0.25) is 0 Å². The summed E-state index contributed by atoms with van der Waals surface area (Å²) in [6, 6.07) is 21.0. The van der Waals surface area contributed by atoms with Crippen LogP contribution in [0.1, 0.15) is 74.6 Å². The van der Waals surface area contributed by atoms with Crippen molar-refractivity contribution < 1.29 is 18.7 Å². The standard InChI is InChI=1S/C32H34FN3O3/c1-21(22-10-6-5-7-11-22)34-31(38)24-16-19-26-28(20-24)35-27(12-8-9-13-29(37)39-32(2,3)4)30(36-26)23-14-17-25(33)18-15-23/h5-7,10-11,14-21H,8-9,12-13H2,1-4H3,(H,34,38)/t21-/m1/s1. The van der Waals surface area contributed by atoms with Crippen molar-refractivity contribution in [2.45, 2.75) is 65.0 Å². The van der Waals surface area contributed by atoms with E-state index >= 15 is 0 Å². The number of carbonyl (C=O) groups excluding carboxylic acids is 2. The molecule has 0 radical (unpaired) electrons. The number of nitrogens with zero attached hydrogens (tertiary/aromatic N) is 2. The van der Waals surface area contributed by atoms with Crippen molar-refractivity contribution in [2.75, 3.05) is 0 Å². The summed E-state index contributed by atoms with van der Waals surface area (Å²) in [5.41, 5.74) is 4.38. The van der Waals surface area contributed by atoms with Crippen molar-refractivity contribution in [1.29, 1.82) is 0 Å². The summed E-state index contributed by atoms with van der Waals surface area (Å²) in [5.74, 6) is -0.755. The monoisotopic (exact) mass is 527 g/mol. The van der Waals surface area contributed by atoms with Gasteiger partial charge in [0.25, 0.3) is 5.91 Å². The molecule has 1 amide bonds. The molecule has 39 heavy (non-hydrogen) atoms. The summed E-state index contributed by atoms with van der Waals surface area (Å²) >= 11 is 0. The fraction of sp³-hybridized carbons (Fsp3) is 0.312. The van der Waals surface area contributed by atoms with E-state index in [2.05, 4.69) is 5.32 Å². The Bertz CT molecular complexity index is 1450. The molecule has 1 N–H and O–H groups in total. The Morgan fingerprint density at radius 2 is 1.64 bits per heavy atom. The number of benzene rings is 3. The van der Waals surface area contributed by atoms with E-state index in [-0.39, 0.29) is 23.7 Å². The zero-order chi connectivity index (χ0) is 28.0. The van der Waals surface area contributed by atoms with E-state index in [0.29, 0.717) is 48.0 Å². The summed E-state index contributed by atoms with van der Waals surface area (Å²) in [5, 5.41) is 3.04. The van der Waals surface area contributed by atoms with Gasteiger partial charge >= 0.3 is 5.97 Å². The van der Waals surface area contributed by atoms with Crippen LogP contribution in [0.25, 0.3) is 22.3 Å². The highest BCUT2D eigenvalue weighted by Gasteiger charge is 2.17. The van der Waals surface area contributed by atoms with E-state index in [1.165, 1.54) is 12.1 Å². The van der Waals surface area contributed by atoms with Crippen molar-refractivity contribution in [3.63, 3.8) is 0 Å². The van der Waals surface area contributed by atoms with E-state index in [1.807, 2.05) is 58.0 Å². The maximum Gasteiger partial charge on any atom is 0.306 e. The lowest BCUT2D eigenvalue weighted by molar-refractivity contribution is -0.154. The number of hydrogen-bond acceptors (Lipinski definition) is 5. The topological polar surface area (TPSA) is 81.2 Å². The van der Waals surface area contributed by atoms with Gasteiger partial charge in [-0.3, -0.25) is 9.59 Å². The number of halogens is 1. The lowest BCUT2D eigenvalue weighted by atomic mass is 10.0. The Hall–Kier alpha value is -4.13. The van der Waals surface area contributed by atoms with Crippen LogP contribution in [0, 0.1) is 5.82 Å². The van der Waals surface area contributed by atoms with Gasteiger partial charge in [-0.05, 0) is 95.0 Å². The molecule has 6 nitrogen and oxygen atoms in total. The molecule has 1 aromatic heterocycles. The summed E-state index contributed by atoms with van der Waals surface area (Å²) < 4.78 is 19.0. The average molecular weight is 528 g/mol. The van der Waals surface area contributed by atoms with Crippen LogP contribution in [0.4, 0.5) is 4.39 Å². The van der Waals surface area contributed by atoms with Gasteiger partial charge < -0.3 is 10.1 Å². The first-order valence-electron chi connectivity index (χ1n) is 13.2. The molecule has 0 aliphatic heterocycles. The molecule has 0 fully saturated rings. The Labute approximate surface area is 228 Å². The Kier molecular flexibility index (Phi) is 8.69. The minimum atomic E-state index is -0.514. The van der Waals surface area contributed by atoms with Crippen LogP contribution in [0.2, 0.25) is 0 Å². The van der Waals surface area contributed by atoms with Gasteiger partial charge in [-0.2, -0.15) is 0 Å². The Morgan fingerprint density at radius 1 is 0.923 bits per heavy atom. The van der Waals surface area contributed by atoms with Gasteiger partial charge in [-0.1, -0.05) is 30.3 Å². The third-order valence-electron chi connectivity index (χ3n) is 6.23. The zero-order valence-electron chi connectivity index (χ0n) is 22.8. The summed E-state index contributed by atoms with van der Waals surface area (Å²) in [7, 11) is 0. The maximum atomic E-state index is 13.6. The number of fused-ring (bicyclic) bond motifs is 1. The number of amides is 1. The minimum absolute atomic E-state index is 0.151. The molecule has 1 heterocycles. The number of esters is 1. The zero-order valence-corrected chi connectivity index (χ0v) is 22.8. The quantitative estimate of drug-likeness (QED) is 0.188. The van der Waals surface area contributed by atoms with Crippen LogP contribution in [0.15, 0.2) is 72.8 Å². The average Bonchev–Trinajstić information content (AvgIpc) is 2.90. The molecular weight excluding hydrogens is 493 g/mol. The second kappa shape index (κ2) is 12.2. The van der Waals surface area contributed by atoms with Gasteiger partial charge in [0, 0.05) is 17.5 Å². The van der Waals surface area contributed by atoms with Gasteiger partial charge in [0.05, 0.1) is 28.5 Å². The molecule has 0 saturated carbocycles. The number of aromatic nitrogens is 2. The lowest BCUT2D eigenvalue weighted by Crippen LogP contribution is -2.26. The molecule has 0 unspecified atom stereocenters. The molecule has 202 valence electrons. The number of carbonyl (C=O) groups is 2. The second-order valence-corrected chi connectivity index (χ2v) is 10.6. The highest BCUT2D eigenvalue weighted by Crippen LogP contribution is 2.26. The van der Waals surface area contributed by atoms with Crippen molar-refractivity contribution in [3.05, 3.63) is 95.4 Å². The summed E-state index contributed by atoms with van der Waals surface area (Å²) in [6.45, 7) is 7.49. The number of nitrogens with one attached hydrogen (secondary N) is 1. The minimum Gasteiger partial charge on any atom is -0.460 e. The Morgan fingerprint density at radius 3 is 2.33 bits per heavy atom. The molecular formula is C32H34FN3O3. The van der Waals surface area contributed by atoms with Gasteiger partial charge in [0.1, 0.15) is 11.4 Å². The van der Waals surface area contributed by atoms with Crippen LogP contribution in [0.5, 0.6) is 0 Å². The van der Waals surface area contributed by atoms with E-state index in [0.717, 1.165) is 16.8 Å². The van der Waals surface area contributed by atoms with E-state index in [4.69, 9.17) is 14.7 Å². The van der Waals surface area contributed by atoms with Gasteiger partial charge in [-0.15, -0.1) is 0 Å². The number of ether oxygens (including phenoxy) is 1. The third-order valence-corrected chi connectivity index (χ3v) is 6.23. The number of aryl methyl sites for hydroxylation is 1. The van der Waals surface area contributed by atoms with Gasteiger partial charge in [0.15, 0.2) is 0 Å². The molecule has 0 bridgehead atoms. The fourth-order valence-electron chi connectivity index (χ4n) is 4.30. The largest absolute Gasteiger partial charge is 0.460 e. The van der Waals surface area contributed by atoms with E-state index in [1.54, 1.807) is 30.3 Å². The Balaban J connectivity index is 1.56. The SMILES string of the molecule is C[C@@H](NC(=O)c1ccc2nc(-c3ccc(F)cc3)c(CCCCC(=O)OC(C)(C)C)nc2c1)c1ccccc1. The lowest BCUT2D eigenvalue weighted by Gasteiger charge is -2.19. The molecule has 3 aromatic carbocycles. The van der Waals surface area contributed by atoms with Crippen molar-refractivity contribution in [1.82, 2.24) is 15.3 Å². The van der Waals surface area contributed by atoms with Crippen LogP contribution in [-0.2, 0) is 16.0 Å². The number of unbranched alkanes of at least 4 members (excludes halogenated alkanes) is 1. The molecule has 0 aliphatic rings. The second-order valence-electron chi connectivity index (χ2n) is 10.6. The van der Waals surface area contributed by atoms with Gasteiger partial charge in [-0.25, -0.2) is 14.4 Å². The normalized spacial score (nSPS) is 12.2. The highest BCUT2D eigenvalue weighted by atomic mass is 19.1. The smallest absolute Gasteiger partial charge is 0.306 e. The maximum absolute atomic E-state index is 13.6. The van der Waals surface area contributed by atoms with Crippen molar-refractivity contribution in [3.8, 4) is 11.3 Å². The summed E-state index contributed by atoms with van der Waals surface area (Å²) in [6.07, 6.45) is 2.22. The first-order chi connectivity index (χ1) is 18.6. The first kappa shape index (κ1) is 27.9. The fourth-order valence-corrected chi connectivity index (χ4v) is 4.30. The van der Waals surface area contributed by atoms with E-state index < -0.39 is 5.60 Å². The highest BCUT2D eigenvalue weighted by molar-refractivity contribution is 5.97. The first-order valence-corrected chi connectivity index (χ1v) is 13.2. The summed E-state index contributed by atoms with van der Waals surface area (Å²) in [4.78, 5) is 34.8. The number of hydrogen-bond donors (Lipinski definition) is 1. The van der Waals surface area contributed by atoms with Crippen LogP contribution >= 0.6 is 0 Å². The predicted octanol–water partition coefficient (Wildman–Crippen LogP) is 6.98. The predicted molar refractivity (Wildman–Crippen MR) is 151 cm³/mol. The molecule has 4 rings (SSSR count). The van der Waals surface area contributed by atoms with Crippen LogP contribution in [-0.4, -0.2) is 27.4 Å². The molecule has 7 heteroatoms. The van der Waals surface area contributed by atoms with Crippen molar-refractivity contribution in [2.24, 2.45) is 0 Å². The number of rotatable bonds is 9. The molecule has 0 saturated heterocycles. The van der Waals surface area contributed by atoms with Crippen molar-refractivity contribution >= 4 is 22.9 Å². The van der Waals surface area contributed by atoms with E-state index in [9.17, 15) is 14.0 Å². The molecule has 0 spiro atoms. The van der Waals surface area contributed by atoms with Crippen LogP contribution in [0.3, 0.4) is 0 Å².